The molecule has 0 aliphatic carbocycles. The Bertz CT molecular complexity index is 6.00. The molecule has 6 heavy (non-hydrogen) atoms. The third kappa shape index (κ3) is 27.1. The van der Waals surface area contributed by atoms with Gasteiger partial charge in [-0.3, -0.25) is 0 Å². The minimum Gasteiger partial charge on any atom is -0.0626 e. The second-order valence-corrected chi connectivity index (χ2v) is 0. The van der Waals surface area contributed by atoms with E-state index in [1.807, 2.05) is 0 Å². The van der Waals surface area contributed by atoms with Gasteiger partial charge in [0.2, 0.25) is 0 Å². The second-order valence-electron chi connectivity index (χ2n) is 0. The molecule has 0 fully saturated rings. The summed E-state index contributed by atoms with van der Waals surface area (Å²) >= 11 is 0. The van der Waals surface area contributed by atoms with E-state index in [9.17, 15) is 0 Å². The molecule has 0 N–H and O–H groups in total. The van der Waals surface area contributed by atoms with Crippen LogP contribution < -0.4 is 88.7 Å². The maximum absolute atomic E-state index is 0. The normalized spacial score (nSPS) is 0. The maximum Gasteiger partial charge on any atom is 1.00 e. The third-order valence-electron chi connectivity index (χ3n) is 0. The van der Waals surface area contributed by atoms with E-state index in [0.29, 0.717) is 0 Å². The Morgan fingerprint density at radius 2 is 0.333 bits per heavy atom. The van der Waals surface area contributed by atoms with Crippen molar-refractivity contribution in [3.63, 3.8) is 0 Å². The van der Waals surface area contributed by atoms with E-state index in [1.54, 1.807) is 0 Å². The molecule has 0 aromatic heterocycles. The molecular weight excluding hydrogens is 101 g/mol. The van der Waals surface area contributed by atoms with Crippen LogP contribution >= 0.6 is 0 Å². The smallest absolute Gasteiger partial charge is 0.0626 e. The van der Waals surface area contributed by atoms with Gasteiger partial charge >= 0.3 is 88.7 Å². The van der Waals surface area contributed by atoms with E-state index in [-0.39, 0.29) is 114 Å². The van der Waals surface area contributed by atoms with Crippen LogP contribution in [0.15, 0.2) is 0 Å². The van der Waals surface area contributed by atoms with Crippen LogP contribution in [0.5, 0.6) is 0 Å². The van der Waals surface area contributed by atoms with Gasteiger partial charge < -0.3 is 0 Å². The fourth-order valence-electron chi connectivity index (χ4n) is 0. The summed E-state index contributed by atoms with van der Waals surface area (Å²) in [6, 6.07) is 0. The standard InChI is InChI=1S/3BH4.3Na/h3*1H4;;;/q3*-1;3*+1. The topological polar surface area (TPSA) is 0 Å². The Morgan fingerprint density at radius 3 is 0.333 bits per heavy atom. The third-order valence-corrected chi connectivity index (χ3v) is 0. The maximum atomic E-state index is 0. The minimum absolute atomic E-state index is 0. The van der Waals surface area contributed by atoms with Crippen molar-refractivity contribution in [2.24, 2.45) is 0 Å². The van der Waals surface area contributed by atoms with E-state index >= 15 is 0 Å². The zero-order chi connectivity index (χ0) is 0. The van der Waals surface area contributed by atoms with Crippen molar-refractivity contribution in [2.45, 2.75) is 0 Å². The van der Waals surface area contributed by atoms with Gasteiger partial charge in [-0.25, -0.2) is 0 Å². The van der Waals surface area contributed by atoms with Gasteiger partial charge in [0.15, 0.2) is 0 Å². The molecule has 24 valence electrons. The van der Waals surface area contributed by atoms with Crippen LogP contribution in [-0.4, -0.2) is 25.2 Å². The fourth-order valence-corrected chi connectivity index (χ4v) is 0. The number of rotatable bonds is 0. The van der Waals surface area contributed by atoms with E-state index < -0.39 is 0 Å². The van der Waals surface area contributed by atoms with Gasteiger partial charge in [-0.15, -0.1) is 0 Å². The summed E-state index contributed by atoms with van der Waals surface area (Å²) in [6.45, 7) is 0. The van der Waals surface area contributed by atoms with Crippen LogP contribution in [0.3, 0.4) is 0 Å². The van der Waals surface area contributed by atoms with E-state index in [4.69, 9.17) is 0 Å². The van der Waals surface area contributed by atoms with E-state index in [1.165, 1.54) is 0 Å². The van der Waals surface area contributed by atoms with Crippen molar-refractivity contribution in [3.05, 3.63) is 0 Å². The Hall–Kier alpha value is 3.19. The molecule has 0 atom stereocenters. The average Bonchev–Trinajstić information content (AvgIpc) is 0. The molecule has 0 radical (unpaired) electrons. The first-order valence-electron chi connectivity index (χ1n) is 0. The molecule has 0 aromatic carbocycles. The molecule has 0 saturated heterocycles. The van der Waals surface area contributed by atoms with Crippen molar-refractivity contribution in [1.82, 2.24) is 0 Å². The van der Waals surface area contributed by atoms with Crippen LogP contribution in [0.2, 0.25) is 0 Å². The van der Waals surface area contributed by atoms with Gasteiger partial charge in [0.05, 0.1) is 0 Å². The van der Waals surface area contributed by atoms with Gasteiger partial charge in [0.1, 0.15) is 0 Å². The first-order chi connectivity index (χ1) is 0. The quantitative estimate of drug-likeness (QED) is 0.274. The predicted octanol–water partition coefficient (Wildman–Crippen LogP) is -13.3. The van der Waals surface area contributed by atoms with Crippen molar-refractivity contribution < 1.29 is 88.7 Å². The van der Waals surface area contributed by atoms with E-state index in [2.05, 4.69) is 0 Å². The fraction of sp³-hybridized carbons (Fsp3) is 0. The summed E-state index contributed by atoms with van der Waals surface area (Å²) in [5, 5.41) is 0. The van der Waals surface area contributed by atoms with Crippen LogP contribution in [-0.2, 0) is 0 Å². The molecule has 0 nitrogen and oxygen atoms in total. The average molecular weight is 114 g/mol. The zero-order valence-electron chi connectivity index (χ0n) is 3.00. The van der Waals surface area contributed by atoms with E-state index in [0.717, 1.165) is 0 Å². The predicted molar refractivity (Wildman–Crippen MR) is 34.0 cm³/mol. The molecule has 0 rings (SSSR count). The molecule has 0 aliphatic rings. The number of hydrogen-bond acceptors (Lipinski definition) is 0. The Kier molecular flexibility index (Phi) is 419. The molecule has 0 aliphatic heterocycles. The largest absolute Gasteiger partial charge is 1.00 e. The summed E-state index contributed by atoms with van der Waals surface area (Å²) in [4.78, 5) is 0. The first-order valence-corrected chi connectivity index (χ1v) is 0. The van der Waals surface area contributed by atoms with Crippen LogP contribution in [0.4, 0.5) is 0 Å². The summed E-state index contributed by atoms with van der Waals surface area (Å²) in [7, 11) is 0. The SMILES string of the molecule is [BH4-].[BH4-].[BH4-].[Na+].[Na+].[Na+]. The van der Waals surface area contributed by atoms with Crippen molar-refractivity contribution >= 4 is 25.2 Å². The number of hydrogen-bond donors (Lipinski definition) is 0. The summed E-state index contributed by atoms with van der Waals surface area (Å²) in [5.41, 5.74) is 0. The van der Waals surface area contributed by atoms with Crippen LogP contribution in [0, 0.1) is 0 Å². The Balaban J connectivity index is 0. The van der Waals surface area contributed by atoms with Gasteiger partial charge in [0.25, 0.3) is 0 Å². The van der Waals surface area contributed by atoms with Crippen LogP contribution in [0.1, 0.15) is 0 Å². The minimum atomic E-state index is 0. The molecule has 0 spiro atoms. The Labute approximate surface area is 112 Å². The summed E-state index contributed by atoms with van der Waals surface area (Å²) < 4.78 is 0. The van der Waals surface area contributed by atoms with Gasteiger partial charge in [-0.1, -0.05) is 25.2 Å². The second kappa shape index (κ2) is 41.6. The van der Waals surface area contributed by atoms with Gasteiger partial charge in [-0.2, -0.15) is 0 Å². The van der Waals surface area contributed by atoms with Gasteiger partial charge in [0, 0.05) is 0 Å². The molecule has 0 amide bonds. The molecule has 0 bridgehead atoms. The molecule has 0 saturated carbocycles. The zero-order valence-corrected chi connectivity index (χ0v) is 9.00. The first kappa shape index (κ1) is 60.5. The van der Waals surface area contributed by atoms with Crippen molar-refractivity contribution in [3.8, 4) is 0 Å². The monoisotopic (exact) mass is 114 g/mol. The van der Waals surface area contributed by atoms with Crippen LogP contribution in [0.25, 0.3) is 0 Å². The molecule has 6 heteroatoms. The summed E-state index contributed by atoms with van der Waals surface area (Å²) in [6.07, 6.45) is 0. The molecular formula is H12B3Na3. The van der Waals surface area contributed by atoms with Crippen molar-refractivity contribution in [2.75, 3.05) is 0 Å². The van der Waals surface area contributed by atoms with Crippen molar-refractivity contribution in [1.29, 1.82) is 0 Å². The molecule has 0 aromatic rings. The molecule has 0 heterocycles. The summed E-state index contributed by atoms with van der Waals surface area (Å²) in [5.74, 6) is 0. The Morgan fingerprint density at radius 1 is 0.333 bits per heavy atom. The van der Waals surface area contributed by atoms with Gasteiger partial charge in [-0.05, 0) is 0 Å². The molecule has 0 unspecified atom stereocenters.